The Kier molecular flexibility index (Phi) is 8.05. The predicted octanol–water partition coefficient (Wildman–Crippen LogP) is 2.15. The number of sulfonamides is 1. The van der Waals surface area contributed by atoms with Gasteiger partial charge in [-0.05, 0) is 43.7 Å². The molecule has 2 aromatic carbocycles. The molecule has 1 fully saturated rings. The molecular formula is C25H30N2O8S. The number of aryl methyl sites for hydroxylation is 1. The number of benzene rings is 2. The number of ether oxygens (including phenoxy) is 3. The molecule has 1 aliphatic rings. The highest BCUT2D eigenvalue weighted by Gasteiger charge is 2.56. The van der Waals surface area contributed by atoms with Crippen LogP contribution in [-0.4, -0.2) is 58.1 Å². The molecule has 0 amide bonds. The van der Waals surface area contributed by atoms with Crippen LogP contribution in [-0.2, 0) is 29.1 Å². The average Bonchev–Trinajstić information content (AvgIpc) is 2.86. The fourth-order valence-electron chi connectivity index (χ4n) is 4.52. The van der Waals surface area contributed by atoms with Gasteiger partial charge in [0.25, 0.3) is 10.0 Å². The molecule has 0 bridgehead atoms. The second-order valence-corrected chi connectivity index (χ2v) is 10.5. The Morgan fingerprint density at radius 1 is 1.00 bits per heavy atom. The number of methoxy groups -OCH3 is 3. The molecule has 11 heteroatoms. The lowest BCUT2D eigenvalue weighted by Gasteiger charge is -2.44. The molecule has 0 saturated heterocycles. The lowest BCUT2D eigenvalue weighted by atomic mass is 9.61. The minimum absolute atomic E-state index is 0.0171. The van der Waals surface area contributed by atoms with Crippen molar-refractivity contribution < 1.29 is 37.3 Å². The van der Waals surface area contributed by atoms with E-state index in [1.807, 2.05) is 6.92 Å². The Bertz CT molecular complexity index is 1240. The van der Waals surface area contributed by atoms with Gasteiger partial charge in [-0.2, -0.15) is 13.5 Å². The first kappa shape index (κ1) is 27.2. The Morgan fingerprint density at radius 2 is 1.58 bits per heavy atom. The third-order valence-electron chi connectivity index (χ3n) is 6.34. The maximum Gasteiger partial charge on any atom is 0.315 e. The molecule has 0 aliphatic heterocycles. The quantitative estimate of drug-likeness (QED) is 0.420. The van der Waals surface area contributed by atoms with Crippen LogP contribution in [0.4, 0.5) is 0 Å². The van der Waals surface area contributed by atoms with Crippen molar-refractivity contribution in [1.82, 2.24) is 4.83 Å². The molecular weight excluding hydrogens is 488 g/mol. The number of esters is 2. The van der Waals surface area contributed by atoms with Crippen molar-refractivity contribution in [2.45, 2.75) is 36.7 Å². The molecule has 1 saturated carbocycles. The molecule has 2 N–H and O–H groups in total. The van der Waals surface area contributed by atoms with E-state index in [0.717, 1.165) is 5.56 Å². The summed E-state index contributed by atoms with van der Waals surface area (Å²) in [7, 11) is -0.202. The first-order valence-electron chi connectivity index (χ1n) is 11.1. The maximum atomic E-state index is 13.0. The van der Waals surface area contributed by atoms with Gasteiger partial charge in [-0.25, -0.2) is 4.83 Å². The summed E-state index contributed by atoms with van der Waals surface area (Å²) in [4.78, 5) is 28.1. The zero-order chi connectivity index (χ0) is 26.7. The van der Waals surface area contributed by atoms with Crippen molar-refractivity contribution in [2.75, 3.05) is 21.3 Å². The molecule has 10 nitrogen and oxygen atoms in total. The molecule has 1 aliphatic carbocycles. The molecule has 0 aromatic heterocycles. The summed E-state index contributed by atoms with van der Waals surface area (Å²) in [6, 6.07) is 12.8. The zero-order valence-electron chi connectivity index (χ0n) is 20.7. The largest absolute Gasteiger partial charge is 0.497 e. The Hall–Kier alpha value is -3.44. The predicted molar refractivity (Wildman–Crippen MR) is 131 cm³/mol. The number of aliphatic hydroxyl groups is 1. The molecule has 0 radical (unpaired) electrons. The van der Waals surface area contributed by atoms with Crippen molar-refractivity contribution in [1.29, 1.82) is 0 Å². The van der Waals surface area contributed by atoms with Gasteiger partial charge in [0, 0.05) is 12.3 Å². The van der Waals surface area contributed by atoms with Crippen molar-refractivity contribution in [3.8, 4) is 5.75 Å². The number of hydrogen-bond donors (Lipinski definition) is 2. The fraction of sp³-hybridized carbons (Fsp3) is 0.400. The highest BCUT2D eigenvalue weighted by Crippen LogP contribution is 2.47. The maximum absolute atomic E-state index is 13.0. The average molecular weight is 519 g/mol. The number of rotatable bonds is 7. The smallest absolute Gasteiger partial charge is 0.315 e. The number of hydrogen-bond acceptors (Lipinski definition) is 9. The molecule has 4 atom stereocenters. The van der Waals surface area contributed by atoms with E-state index < -0.39 is 45.3 Å². The van der Waals surface area contributed by atoms with E-state index in [4.69, 9.17) is 14.2 Å². The van der Waals surface area contributed by atoms with Gasteiger partial charge in [-0.15, -0.1) is 0 Å². The van der Waals surface area contributed by atoms with E-state index >= 15 is 0 Å². The highest BCUT2D eigenvalue weighted by molar-refractivity contribution is 7.89. The standard InChI is InChI=1S/C25H30N2O8S/c1-15-6-12-18(13-7-15)36(31,32)27-26-19-14-25(2,30)22(24(29)35-5)20(21(19)23(28)34-4)16-8-10-17(33-3)11-9-16/h6-13,20-22,27,30H,14H2,1-5H3/b26-19-/t20-,21-,22+,25+/m1/s1. The minimum Gasteiger partial charge on any atom is -0.497 e. The number of nitrogens with one attached hydrogen (secondary N) is 1. The Balaban J connectivity index is 2.13. The van der Waals surface area contributed by atoms with Crippen molar-refractivity contribution in [3.05, 3.63) is 59.7 Å². The second-order valence-electron chi connectivity index (χ2n) is 8.85. The summed E-state index contributed by atoms with van der Waals surface area (Å²) < 4.78 is 40.9. The summed E-state index contributed by atoms with van der Waals surface area (Å²) in [6.45, 7) is 3.24. The lowest BCUT2D eigenvalue weighted by Crippen LogP contribution is -2.55. The van der Waals surface area contributed by atoms with Crippen LogP contribution >= 0.6 is 0 Å². The van der Waals surface area contributed by atoms with E-state index in [-0.39, 0.29) is 17.0 Å². The highest BCUT2D eigenvalue weighted by atomic mass is 32.2. The third-order valence-corrected chi connectivity index (χ3v) is 7.56. The topological polar surface area (TPSA) is 141 Å². The van der Waals surface area contributed by atoms with Gasteiger partial charge in [0.2, 0.25) is 0 Å². The van der Waals surface area contributed by atoms with Crippen molar-refractivity contribution >= 4 is 27.7 Å². The van der Waals surface area contributed by atoms with E-state index in [1.165, 1.54) is 40.4 Å². The second kappa shape index (κ2) is 10.7. The Morgan fingerprint density at radius 3 is 2.11 bits per heavy atom. The van der Waals surface area contributed by atoms with Gasteiger partial charge >= 0.3 is 11.9 Å². The molecule has 194 valence electrons. The van der Waals surface area contributed by atoms with Gasteiger partial charge in [0.15, 0.2) is 0 Å². The summed E-state index contributed by atoms with van der Waals surface area (Å²) in [5, 5.41) is 15.4. The summed E-state index contributed by atoms with van der Waals surface area (Å²) >= 11 is 0. The van der Waals surface area contributed by atoms with Crippen molar-refractivity contribution in [2.24, 2.45) is 16.9 Å². The van der Waals surface area contributed by atoms with Crippen LogP contribution in [0.2, 0.25) is 0 Å². The van der Waals surface area contributed by atoms with Gasteiger partial charge in [0.05, 0.1) is 43.5 Å². The van der Waals surface area contributed by atoms with E-state index in [1.54, 1.807) is 36.4 Å². The number of carbonyl (C=O) groups excluding carboxylic acids is 2. The summed E-state index contributed by atoms with van der Waals surface area (Å²) in [6.07, 6.45) is -0.282. The van der Waals surface area contributed by atoms with Gasteiger partial charge < -0.3 is 19.3 Å². The number of hydrazone groups is 1. The normalized spacial score (nSPS) is 25.2. The van der Waals surface area contributed by atoms with E-state index in [0.29, 0.717) is 11.3 Å². The van der Waals surface area contributed by atoms with Crippen LogP contribution in [0.25, 0.3) is 0 Å². The minimum atomic E-state index is -4.07. The molecule has 0 spiro atoms. The fourth-order valence-corrected chi connectivity index (χ4v) is 5.36. The first-order valence-corrected chi connectivity index (χ1v) is 12.6. The van der Waals surface area contributed by atoms with Gasteiger partial charge in [-0.1, -0.05) is 29.8 Å². The van der Waals surface area contributed by atoms with Crippen molar-refractivity contribution in [3.63, 3.8) is 0 Å². The Labute approximate surface area is 210 Å². The van der Waals surface area contributed by atoms with Crippen LogP contribution in [0.15, 0.2) is 58.5 Å². The van der Waals surface area contributed by atoms with E-state index in [9.17, 15) is 23.1 Å². The first-order chi connectivity index (χ1) is 16.9. The SMILES string of the molecule is COC(=O)[C@@H]1/C(=N\NS(=O)(=O)c2ccc(C)cc2)C[C@](C)(O)[C@H](C(=O)OC)[C@@H]1c1ccc(OC)cc1. The van der Waals surface area contributed by atoms with Crippen LogP contribution in [0.5, 0.6) is 5.75 Å². The van der Waals surface area contributed by atoms with Gasteiger partial charge in [0.1, 0.15) is 11.7 Å². The zero-order valence-corrected chi connectivity index (χ0v) is 21.5. The van der Waals surface area contributed by atoms with Crippen LogP contribution < -0.4 is 9.57 Å². The molecule has 36 heavy (non-hydrogen) atoms. The van der Waals surface area contributed by atoms with Crippen LogP contribution in [0.1, 0.15) is 30.4 Å². The van der Waals surface area contributed by atoms with Gasteiger partial charge in [-0.3, -0.25) is 9.59 Å². The van der Waals surface area contributed by atoms with Crippen LogP contribution in [0.3, 0.4) is 0 Å². The lowest BCUT2D eigenvalue weighted by molar-refractivity contribution is -0.160. The number of carbonyl (C=O) groups is 2. The monoisotopic (exact) mass is 518 g/mol. The number of nitrogens with zero attached hydrogens (tertiary/aromatic N) is 1. The summed E-state index contributed by atoms with van der Waals surface area (Å²) in [5.74, 6) is -4.25. The third kappa shape index (κ3) is 5.52. The van der Waals surface area contributed by atoms with E-state index in [2.05, 4.69) is 9.93 Å². The molecule has 0 unspecified atom stereocenters. The molecule has 2 aromatic rings. The summed E-state index contributed by atoms with van der Waals surface area (Å²) in [5.41, 5.74) is -0.319. The molecule has 3 rings (SSSR count). The van der Waals surface area contributed by atoms with Crippen LogP contribution in [0, 0.1) is 18.8 Å². The molecule has 0 heterocycles.